The van der Waals surface area contributed by atoms with Gasteiger partial charge in [-0.05, 0) is 51.0 Å². The number of hydrogen-bond donors (Lipinski definition) is 0. The fourth-order valence-electron chi connectivity index (χ4n) is 1.55. The van der Waals surface area contributed by atoms with Crippen molar-refractivity contribution in [2.75, 3.05) is 0 Å². The van der Waals surface area contributed by atoms with Crippen molar-refractivity contribution in [3.05, 3.63) is 16.5 Å². The van der Waals surface area contributed by atoms with Crippen LogP contribution in [0.25, 0.3) is 0 Å². The van der Waals surface area contributed by atoms with Crippen molar-refractivity contribution in [2.24, 2.45) is 0 Å². The van der Waals surface area contributed by atoms with Crippen LogP contribution in [0.3, 0.4) is 0 Å². The van der Waals surface area contributed by atoms with E-state index in [-0.39, 0.29) is 0 Å². The molecule has 94 valence electrons. The van der Waals surface area contributed by atoms with Gasteiger partial charge >= 0.3 is 0 Å². The topological polar surface area (TPSA) is 69.4 Å². The quantitative estimate of drug-likeness (QED) is 0.803. The molecule has 0 radical (unpaired) electrons. The monoisotopic (exact) mass is 326 g/mol. The van der Waals surface area contributed by atoms with Gasteiger partial charge in [-0.25, -0.2) is 14.6 Å². The molecule has 6 nitrogen and oxygen atoms in total. The average molecular weight is 327 g/mol. The van der Waals surface area contributed by atoms with Gasteiger partial charge in [0.25, 0.3) is 0 Å². The third-order valence-corrected chi connectivity index (χ3v) is 3.86. The van der Waals surface area contributed by atoms with Crippen LogP contribution in [0.15, 0.2) is 20.9 Å². The molecule has 0 atom stereocenters. The molecular weight excluding hydrogens is 316 g/mol. The van der Waals surface area contributed by atoms with Crippen LogP contribution in [0.4, 0.5) is 0 Å². The van der Waals surface area contributed by atoms with E-state index in [2.05, 4.69) is 41.4 Å². The molecule has 0 aromatic carbocycles. The highest BCUT2D eigenvalue weighted by Crippen LogP contribution is 2.37. The fourth-order valence-corrected chi connectivity index (χ4v) is 2.98. The molecule has 1 aliphatic carbocycles. The first-order valence-corrected chi connectivity index (χ1v) is 7.36. The number of hydrogen-bond acceptors (Lipinski definition) is 6. The number of tetrazole rings is 1. The summed E-state index contributed by atoms with van der Waals surface area (Å²) < 4.78 is 2.68. The summed E-state index contributed by atoms with van der Waals surface area (Å²) in [5, 5.41) is 13.5. The normalized spacial score (nSPS) is 15.0. The zero-order valence-electron chi connectivity index (χ0n) is 9.75. The molecule has 0 bridgehead atoms. The Labute approximate surface area is 117 Å². The van der Waals surface area contributed by atoms with Crippen molar-refractivity contribution in [1.29, 1.82) is 0 Å². The Morgan fingerprint density at radius 2 is 2.28 bits per heavy atom. The van der Waals surface area contributed by atoms with Crippen molar-refractivity contribution in [1.82, 2.24) is 30.2 Å². The molecule has 1 fully saturated rings. The summed E-state index contributed by atoms with van der Waals surface area (Å²) in [6, 6.07) is 2.36. The molecule has 2 aromatic rings. The van der Waals surface area contributed by atoms with Crippen LogP contribution in [0.2, 0.25) is 0 Å². The predicted octanol–water partition coefficient (Wildman–Crippen LogP) is 2.27. The SMILES string of the molecule is CCc1nc(Br)cc(Sc2nnnn2C2CC2)n1. The van der Waals surface area contributed by atoms with Crippen LogP contribution in [-0.2, 0) is 6.42 Å². The standard InChI is InChI=1S/C10H11BrN6S/c1-2-8-12-7(11)5-9(13-8)18-10-14-15-16-17(10)6-3-4-6/h5-6H,2-4H2,1H3. The van der Waals surface area contributed by atoms with Crippen LogP contribution >= 0.6 is 27.7 Å². The first-order valence-electron chi connectivity index (χ1n) is 5.75. The van der Waals surface area contributed by atoms with Gasteiger partial charge in [-0.3, -0.25) is 0 Å². The molecular formula is C10H11BrN6S. The zero-order valence-corrected chi connectivity index (χ0v) is 12.1. The van der Waals surface area contributed by atoms with Gasteiger partial charge in [0.05, 0.1) is 6.04 Å². The van der Waals surface area contributed by atoms with Crippen molar-refractivity contribution in [2.45, 2.75) is 42.4 Å². The molecule has 0 N–H and O–H groups in total. The molecule has 2 aromatic heterocycles. The highest BCUT2D eigenvalue weighted by atomic mass is 79.9. The third-order valence-electron chi connectivity index (χ3n) is 2.59. The highest BCUT2D eigenvalue weighted by molar-refractivity contribution is 9.10. The Hall–Kier alpha value is -1.02. The molecule has 18 heavy (non-hydrogen) atoms. The van der Waals surface area contributed by atoms with Gasteiger partial charge in [0, 0.05) is 12.5 Å². The van der Waals surface area contributed by atoms with E-state index < -0.39 is 0 Å². The minimum absolute atomic E-state index is 0.471. The van der Waals surface area contributed by atoms with Gasteiger partial charge in [0.2, 0.25) is 5.16 Å². The minimum atomic E-state index is 0.471. The summed E-state index contributed by atoms with van der Waals surface area (Å²) in [4.78, 5) is 8.75. The lowest BCUT2D eigenvalue weighted by molar-refractivity contribution is 0.565. The Kier molecular flexibility index (Phi) is 3.29. The van der Waals surface area contributed by atoms with E-state index >= 15 is 0 Å². The second-order valence-electron chi connectivity index (χ2n) is 4.04. The maximum atomic E-state index is 4.46. The lowest BCUT2D eigenvalue weighted by Gasteiger charge is -2.03. The van der Waals surface area contributed by atoms with Gasteiger partial charge in [0.15, 0.2) is 0 Å². The Morgan fingerprint density at radius 1 is 1.44 bits per heavy atom. The minimum Gasteiger partial charge on any atom is -0.226 e. The number of rotatable bonds is 4. The van der Waals surface area contributed by atoms with Gasteiger partial charge in [-0.2, -0.15) is 0 Å². The lowest BCUT2D eigenvalue weighted by atomic mass is 10.4. The van der Waals surface area contributed by atoms with Crippen molar-refractivity contribution < 1.29 is 0 Å². The summed E-state index contributed by atoms with van der Waals surface area (Å²) in [6.45, 7) is 2.03. The Balaban J connectivity index is 1.87. The maximum absolute atomic E-state index is 4.46. The average Bonchev–Trinajstić information content (AvgIpc) is 3.10. The second kappa shape index (κ2) is 4.93. The van der Waals surface area contributed by atoms with Crippen LogP contribution in [-0.4, -0.2) is 30.2 Å². The van der Waals surface area contributed by atoms with Crippen LogP contribution < -0.4 is 0 Å². The van der Waals surface area contributed by atoms with Crippen molar-refractivity contribution in [3.8, 4) is 0 Å². The summed E-state index contributed by atoms with van der Waals surface area (Å²) in [7, 11) is 0. The van der Waals surface area contributed by atoms with Crippen molar-refractivity contribution in [3.63, 3.8) is 0 Å². The molecule has 0 saturated heterocycles. The second-order valence-corrected chi connectivity index (χ2v) is 5.84. The van der Waals surface area contributed by atoms with E-state index in [9.17, 15) is 0 Å². The third kappa shape index (κ3) is 2.54. The first kappa shape index (κ1) is 12.0. The summed E-state index contributed by atoms with van der Waals surface area (Å²) in [6.07, 6.45) is 3.12. The molecule has 1 saturated carbocycles. The zero-order chi connectivity index (χ0) is 12.5. The Morgan fingerprint density at radius 3 is 3.00 bits per heavy atom. The van der Waals surface area contributed by atoms with E-state index in [1.807, 2.05) is 17.7 Å². The van der Waals surface area contributed by atoms with E-state index in [1.165, 1.54) is 11.8 Å². The van der Waals surface area contributed by atoms with Gasteiger partial charge in [-0.1, -0.05) is 6.92 Å². The van der Waals surface area contributed by atoms with Gasteiger partial charge < -0.3 is 0 Å². The van der Waals surface area contributed by atoms with Gasteiger partial charge in [0.1, 0.15) is 15.5 Å². The molecule has 0 unspecified atom stereocenters. The summed E-state index contributed by atoms with van der Waals surface area (Å²) in [5.74, 6) is 0.817. The molecule has 2 heterocycles. The molecule has 1 aliphatic rings. The molecule has 0 amide bonds. The van der Waals surface area contributed by atoms with Crippen molar-refractivity contribution >= 4 is 27.7 Å². The number of halogens is 1. The first-order chi connectivity index (χ1) is 8.76. The lowest BCUT2D eigenvalue weighted by Crippen LogP contribution is -2.00. The summed E-state index contributed by atoms with van der Waals surface area (Å²) >= 11 is 4.87. The maximum Gasteiger partial charge on any atom is 0.215 e. The number of aromatic nitrogens is 6. The predicted molar refractivity (Wildman–Crippen MR) is 69.3 cm³/mol. The molecule has 3 rings (SSSR count). The highest BCUT2D eigenvalue weighted by Gasteiger charge is 2.28. The molecule has 0 spiro atoms. The van der Waals surface area contributed by atoms with Crippen LogP contribution in [0.5, 0.6) is 0 Å². The smallest absolute Gasteiger partial charge is 0.215 e. The van der Waals surface area contributed by atoms with E-state index in [0.29, 0.717) is 6.04 Å². The van der Waals surface area contributed by atoms with E-state index in [4.69, 9.17) is 0 Å². The molecule has 8 heteroatoms. The Bertz CT molecular complexity index is 567. The van der Waals surface area contributed by atoms with E-state index in [0.717, 1.165) is 39.9 Å². The largest absolute Gasteiger partial charge is 0.226 e. The van der Waals surface area contributed by atoms with Crippen LogP contribution in [0, 0.1) is 0 Å². The van der Waals surface area contributed by atoms with Gasteiger partial charge in [-0.15, -0.1) is 5.10 Å². The summed E-state index contributed by atoms with van der Waals surface area (Å²) in [5.41, 5.74) is 0. The fraction of sp³-hybridized carbons (Fsp3) is 0.500. The number of aryl methyl sites for hydroxylation is 1. The molecule has 0 aliphatic heterocycles. The van der Waals surface area contributed by atoms with Crippen LogP contribution in [0.1, 0.15) is 31.6 Å². The van der Waals surface area contributed by atoms with E-state index in [1.54, 1.807) is 0 Å². The number of nitrogens with zero attached hydrogens (tertiary/aromatic N) is 6.